The molecule has 0 aliphatic rings. The summed E-state index contributed by atoms with van der Waals surface area (Å²) in [4.78, 5) is 24.3. The van der Waals surface area contributed by atoms with E-state index in [1.807, 2.05) is 29.8 Å². The highest BCUT2D eigenvalue weighted by Gasteiger charge is 1.98. The molecule has 0 aliphatic heterocycles. The molecule has 0 atom stereocenters. The maximum Gasteiger partial charge on any atom is 0.303 e. The van der Waals surface area contributed by atoms with E-state index < -0.39 is 11.9 Å². The van der Waals surface area contributed by atoms with Gasteiger partial charge in [0.2, 0.25) is 0 Å². The van der Waals surface area contributed by atoms with Crippen LogP contribution in [-0.4, -0.2) is 27.1 Å². The van der Waals surface area contributed by atoms with Crippen molar-refractivity contribution < 1.29 is 19.8 Å². The molecule has 0 bridgehead atoms. The first-order valence-electron chi connectivity index (χ1n) is 7.48. The average molecular weight is 335 g/mol. The van der Waals surface area contributed by atoms with Gasteiger partial charge in [-0.2, -0.15) is 0 Å². The van der Waals surface area contributed by atoms with Gasteiger partial charge in [0.05, 0.1) is 0 Å². The maximum absolute atomic E-state index is 10.0. The molecule has 0 aliphatic carbocycles. The zero-order chi connectivity index (χ0) is 16.9. The zero-order valence-electron chi connectivity index (χ0n) is 12.9. The maximum atomic E-state index is 10.0. The van der Waals surface area contributed by atoms with Crippen LogP contribution in [0.1, 0.15) is 38.5 Å². The molecule has 1 aromatic carbocycles. The lowest BCUT2D eigenvalue weighted by Crippen LogP contribution is -1.95. The van der Waals surface area contributed by atoms with Gasteiger partial charge in [0.25, 0.3) is 0 Å². The third-order valence-electron chi connectivity index (χ3n) is 2.98. The Labute approximate surface area is 139 Å². The predicted molar refractivity (Wildman–Crippen MR) is 90.5 cm³/mol. The minimum Gasteiger partial charge on any atom is -0.481 e. The molecule has 0 fully saturated rings. The number of unbranched alkanes of at least 4 members (excludes halogenated alkanes) is 3. The Balaban J connectivity index is 0.000000230. The molecule has 5 nitrogen and oxygen atoms in total. The van der Waals surface area contributed by atoms with Crippen LogP contribution in [0.25, 0.3) is 10.6 Å². The van der Waals surface area contributed by atoms with Crippen molar-refractivity contribution in [1.29, 1.82) is 0 Å². The smallest absolute Gasteiger partial charge is 0.303 e. The van der Waals surface area contributed by atoms with Gasteiger partial charge in [-0.15, -0.1) is 11.3 Å². The fourth-order valence-corrected chi connectivity index (χ4v) is 2.50. The highest BCUT2D eigenvalue weighted by molar-refractivity contribution is 7.13. The van der Waals surface area contributed by atoms with Crippen LogP contribution in [0.2, 0.25) is 0 Å². The number of carboxylic acids is 2. The van der Waals surface area contributed by atoms with Crippen molar-refractivity contribution in [1.82, 2.24) is 4.98 Å². The summed E-state index contributed by atoms with van der Waals surface area (Å²) in [5.41, 5.74) is 1.20. The molecule has 1 heterocycles. The quantitative estimate of drug-likeness (QED) is 0.702. The predicted octanol–water partition coefficient (Wildman–Crippen LogP) is 4.31. The zero-order valence-corrected chi connectivity index (χ0v) is 13.7. The molecule has 0 unspecified atom stereocenters. The van der Waals surface area contributed by atoms with Crippen molar-refractivity contribution >= 4 is 23.3 Å². The van der Waals surface area contributed by atoms with E-state index >= 15 is 0 Å². The number of carbonyl (C=O) groups is 2. The van der Waals surface area contributed by atoms with Gasteiger partial charge < -0.3 is 10.2 Å². The molecule has 0 radical (unpaired) electrons. The molecule has 1 aromatic heterocycles. The summed E-state index contributed by atoms with van der Waals surface area (Å²) in [5.74, 6) is -1.57. The number of aromatic nitrogens is 1. The number of rotatable bonds is 8. The van der Waals surface area contributed by atoms with Crippen molar-refractivity contribution in [2.24, 2.45) is 0 Å². The van der Waals surface area contributed by atoms with E-state index in [1.54, 1.807) is 11.3 Å². The van der Waals surface area contributed by atoms with Gasteiger partial charge >= 0.3 is 11.9 Å². The van der Waals surface area contributed by atoms with E-state index in [2.05, 4.69) is 17.1 Å². The molecule has 6 heteroatoms. The van der Waals surface area contributed by atoms with E-state index in [4.69, 9.17) is 10.2 Å². The van der Waals surface area contributed by atoms with Crippen molar-refractivity contribution in [3.05, 3.63) is 41.9 Å². The largest absolute Gasteiger partial charge is 0.481 e. The third kappa shape index (κ3) is 9.42. The molecule has 23 heavy (non-hydrogen) atoms. The number of benzene rings is 1. The molecule has 0 spiro atoms. The van der Waals surface area contributed by atoms with E-state index in [9.17, 15) is 9.59 Å². The Morgan fingerprint density at radius 1 is 0.913 bits per heavy atom. The van der Waals surface area contributed by atoms with E-state index in [1.165, 1.54) is 5.56 Å². The minimum atomic E-state index is -0.784. The molecule has 0 amide bonds. The number of hydrogen-bond donors (Lipinski definition) is 2. The first kappa shape index (κ1) is 18.8. The van der Waals surface area contributed by atoms with Crippen molar-refractivity contribution in [2.75, 3.05) is 0 Å². The molecular formula is C17H21NO4S. The van der Waals surface area contributed by atoms with Gasteiger partial charge in [-0.1, -0.05) is 43.2 Å². The van der Waals surface area contributed by atoms with Crippen molar-refractivity contribution in [3.8, 4) is 10.6 Å². The summed E-state index contributed by atoms with van der Waals surface area (Å²) >= 11 is 1.66. The van der Waals surface area contributed by atoms with Gasteiger partial charge in [-0.3, -0.25) is 9.59 Å². The highest BCUT2D eigenvalue weighted by Crippen LogP contribution is 2.20. The molecule has 2 aromatic rings. The molecular weight excluding hydrogens is 314 g/mol. The normalized spacial score (nSPS) is 9.74. The van der Waals surface area contributed by atoms with Crippen LogP contribution < -0.4 is 0 Å². The Bertz CT molecular complexity index is 552. The standard InChI is InChI=1S/C9H7NS.C8H14O4/c1-2-4-8(5-3-1)9-10-6-7-11-9;9-7(10)5-3-1-2-4-6-8(11)12/h1-7H;1-6H2,(H,9,10)(H,11,12). The van der Waals surface area contributed by atoms with E-state index in [0.717, 1.165) is 17.8 Å². The lowest BCUT2D eigenvalue weighted by atomic mass is 10.1. The number of thiazole rings is 1. The van der Waals surface area contributed by atoms with Gasteiger partial charge in [0.1, 0.15) is 5.01 Å². The molecule has 2 N–H and O–H groups in total. The summed E-state index contributed by atoms with van der Waals surface area (Å²) in [5, 5.41) is 19.6. The lowest BCUT2D eigenvalue weighted by molar-refractivity contribution is -0.138. The number of nitrogens with zero attached hydrogens (tertiary/aromatic N) is 1. The SMILES string of the molecule is O=C(O)CCCCCCC(=O)O.c1ccc(-c2nccs2)cc1. The van der Waals surface area contributed by atoms with Crippen LogP contribution >= 0.6 is 11.3 Å². The summed E-state index contributed by atoms with van der Waals surface area (Å²) < 4.78 is 0. The Morgan fingerprint density at radius 3 is 1.91 bits per heavy atom. The first-order chi connectivity index (χ1) is 11.1. The second-order valence-electron chi connectivity index (χ2n) is 4.90. The molecule has 2 rings (SSSR count). The van der Waals surface area contributed by atoms with Crippen molar-refractivity contribution in [2.45, 2.75) is 38.5 Å². The van der Waals surface area contributed by atoms with Crippen LogP contribution in [0.4, 0.5) is 0 Å². The second-order valence-corrected chi connectivity index (χ2v) is 5.80. The number of hydrogen-bond acceptors (Lipinski definition) is 4. The summed E-state index contributed by atoms with van der Waals surface area (Å²) in [6.07, 6.45) is 5.11. The Morgan fingerprint density at radius 2 is 1.48 bits per heavy atom. The Kier molecular flexibility index (Phi) is 9.31. The van der Waals surface area contributed by atoms with Crippen LogP contribution in [-0.2, 0) is 9.59 Å². The second kappa shape index (κ2) is 11.4. The number of aliphatic carboxylic acids is 2. The first-order valence-corrected chi connectivity index (χ1v) is 8.36. The lowest BCUT2D eigenvalue weighted by Gasteiger charge is -1.96. The van der Waals surface area contributed by atoms with E-state index in [-0.39, 0.29) is 12.8 Å². The van der Waals surface area contributed by atoms with Crippen LogP contribution in [0, 0.1) is 0 Å². The van der Waals surface area contributed by atoms with Crippen LogP contribution in [0.15, 0.2) is 41.9 Å². The Hall–Kier alpha value is -2.21. The van der Waals surface area contributed by atoms with Crippen LogP contribution in [0.5, 0.6) is 0 Å². The highest BCUT2D eigenvalue weighted by atomic mass is 32.1. The monoisotopic (exact) mass is 335 g/mol. The molecule has 0 saturated carbocycles. The van der Waals surface area contributed by atoms with Gasteiger partial charge in [-0.05, 0) is 12.8 Å². The van der Waals surface area contributed by atoms with Crippen LogP contribution in [0.3, 0.4) is 0 Å². The third-order valence-corrected chi connectivity index (χ3v) is 3.81. The summed E-state index contributed by atoms with van der Waals surface area (Å²) in [7, 11) is 0. The van der Waals surface area contributed by atoms with Gasteiger partial charge in [-0.25, -0.2) is 4.98 Å². The molecule has 0 saturated heterocycles. The topological polar surface area (TPSA) is 87.5 Å². The summed E-state index contributed by atoms with van der Waals surface area (Å²) in [6.45, 7) is 0. The van der Waals surface area contributed by atoms with Gasteiger partial charge in [0, 0.05) is 30.0 Å². The van der Waals surface area contributed by atoms with Gasteiger partial charge in [0.15, 0.2) is 0 Å². The average Bonchev–Trinajstić information content (AvgIpc) is 3.06. The minimum absolute atomic E-state index is 0.188. The fraction of sp³-hybridized carbons (Fsp3) is 0.353. The summed E-state index contributed by atoms with van der Waals surface area (Å²) in [6, 6.07) is 10.2. The molecule has 124 valence electrons. The van der Waals surface area contributed by atoms with E-state index in [0.29, 0.717) is 12.8 Å². The number of carboxylic acid groups (broad SMARTS) is 2. The fourth-order valence-electron chi connectivity index (χ4n) is 1.85. The van der Waals surface area contributed by atoms with Crippen molar-refractivity contribution in [3.63, 3.8) is 0 Å².